The van der Waals surface area contributed by atoms with Gasteiger partial charge in [-0.1, -0.05) is 0 Å². The van der Waals surface area contributed by atoms with Gasteiger partial charge in [0.05, 0.1) is 16.1 Å². The minimum absolute atomic E-state index is 0.120. The molecular formula is C13H11N3O7. The lowest BCUT2D eigenvalue weighted by Crippen LogP contribution is -2.45. The van der Waals surface area contributed by atoms with Crippen LogP contribution in [0.3, 0.4) is 0 Å². The standard InChI is InChI=1S/C13H11N3O7/c14-10(17)4-3-9(13(20)21)15-11(18)7-2-1-6(16(22)23)5-8(7)12(15)19/h1-2,5,9H,3-4H2,(H2,14,17)(H,20,21)/t9-/m0/s1. The summed E-state index contributed by atoms with van der Waals surface area (Å²) < 4.78 is 0. The van der Waals surface area contributed by atoms with Crippen LogP contribution in [0.1, 0.15) is 33.6 Å². The Morgan fingerprint density at radius 2 is 1.87 bits per heavy atom. The molecule has 10 nitrogen and oxygen atoms in total. The van der Waals surface area contributed by atoms with Crippen molar-refractivity contribution < 1.29 is 29.2 Å². The minimum Gasteiger partial charge on any atom is -0.480 e. The predicted octanol–water partition coefficient (Wildman–Crippen LogP) is -0.0905. The Labute approximate surface area is 128 Å². The highest BCUT2D eigenvalue weighted by atomic mass is 16.6. The lowest BCUT2D eigenvalue weighted by Gasteiger charge is -2.21. The molecule has 3 N–H and O–H groups in total. The fraction of sp³-hybridized carbons (Fsp3) is 0.231. The van der Waals surface area contributed by atoms with E-state index >= 15 is 0 Å². The fourth-order valence-corrected chi connectivity index (χ4v) is 2.29. The molecule has 0 saturated heterocycles. The van der Waals surface area contributed by atoms with Gasteiger partial charge in [-0.15, -0.1) is 0 Å². The SMILES string of the molecule is NC(=O)CC[C@@H](C(=O)O)N1C(=O)c2ccc([N+](=O)[O-])cc2C1=O. The molecule has 0 fully saturated rings. The van der Waals surface area contributed by atoms with Gasteiger partial charge in [0.2, 0.25) is 5.91 Å². The number of nitro benzene ring substituents is 1. The minimum atomic E-state index is -1.58. The highest BCUT2D eigenvalue weighted by molar-refractivity contribution is 6.22. The summed E-state index contributed by atoms with van der Waals surface area (Å²) in [6, 6.07) is 1.49. The van der Waals surface area contributed by atoms with Crippen molar-refractivity contribution in [3.63, 3.8) is 0 Å². The van der Waals surface area contributed by atoms with Gasteiger partial charge in [0.1, 0.15) is 6.04 Å². The molecule has 0 aromatic heterocycles. The molecule has 10 heteroatoms. The Hall–Kier alpha value is -3.30. The van der Waals surface area contributed by atoms with Gasteiger partial charge >= 0.3 is 5.97 Å². The number of nitro groups is 1. The summed E-state index contributed by atoms with van der Waals surface area (Å²) in [5, 5.41) is 19.9. The van der Waals surface area contributed by atoms with E-state index in [2.05, 4.69) is 0 Å². The van der Waals surface area contributed by atoms with Gasteiger partial charge in [0, 0.05) is 18.6 Å². The van der Waals surface area contributed by atoms with Crippen molar-refractivity contribution in [3.8, 4) is 0 Å². The zero-order valence-electron chi connectivity index (χ0n) is 11.6. The molecule has 23 heavy (non-hydrogen) atoms. The molecule has 1 aliphatic heterocycles. The summed E-state index contributed by atoms with van der Waals surface area (Å²) in [7, 11) is 0. The van der Waals surface area contributed by atoms with E-state index in [1.165, 1.54) is 0 Å². The normalized spacial score (nSPS) is 14.5. The van der Waals surface area contributed by atoms with E-state index < -0.39 is 40.3 Å². The van der Waals surface area contributed by atoms with Crippen LogP contribution in [-0.4, -0.2) is 44.7 Å². The highest BCUT2D eigenvalue weighted by Gasteiger charge is 2.43. The zero-order valence-corrected chi connectivity index (χ0v) is 11.6. The molecule has 0 bridgehead atoms. The molecular weight excluding hydrogens is 310 g/mol. The first-order chi connectivity index (χ1) is 10.7. The van der Waals surface area contributed by atoms with Gasteiger partial charge in [0.25, 0.3) is 17.5 Å². The van der Waals surface area contributed by atoms with Crippen molar-refractivity contribution in [2.45, 2.75) is 18.9 Å². The van der Waals surface area contributed by atoms with Crippen LogP contribution in [0.4, 0.5) is 5.69 Å². The molecule has 1 aromatic rings. The van der Waals surface area contributed by atoms with Crippen LogP contribution in [0.25, 0.3) is 0 Å². The summed E-state index contributed by atoms with van der Waals surface area (Å²) in [5.41, 5.74) is 4.20. The van der Waals surface area contributed by atoms with Crippen molar-refractivity contribution >= 4 is 29.4 Å². The largest absolute Gasteiger partial charge is 0.480 e. The fourth-order valence-electron chi connectivity index (χ4n) is 2.29. The molecule has 1 aromatic carbocycles. The second kappa shape index (κ2) is 5.83. The number of carbonyl (C=O) groups excluding carboxylic acids is 3. The molecule has 1 aliphatic rings. The Morgan fingerprint density at radius 3 is 2.39 bits per heavy atom. The van der Waals surface area contributed by atoms with Crippen LogP contribution >= 0.6 is 0 Å². The molecule has 0 saturated carbocycles. The summed E-state index contributed by atoms with van der Waals surface area (Å²) >= 11 is 0. The molecule has 1 heterocycles. The van der Waals surface area contributed by atoms with Crippen LogP contribution in [-0.2, 0) is 9.59 Å². The Kier molecular flexibility index (Phi) is 4.08. The van der Waals surface area contributed by atoms with Crippen LogP contribution in [0.2, 0.25) is 0 Å². The number of imide groups is 1. The molecule has 1 atom stereocenters. The van der Waals surface area contributed by atoms with E-state index in [4.69, 9.17) is 5.73 Å². The van der Waals surface area contributed by atoms with Gasteiger partial charge < -0.3 is 10.8 Å². The van der Waals surface area contributed by atoms with E-state index in [1.807, 2.05) is 0 Å². The number of benzene rings is 1. The van der Waals surface area contributed by atoms with Crippen molar-refractivity contribution in [2.75, 3.05) is 0 Å². The first-order valence-electron chi connectivity index (χ1n) is 6.41. The quantitative estimate of drug-likeness (QED) is 0.420. The average Bonchev–Trinajstić information content (AvgIpc) is 2.71. The number of primary amides is 1. The number of nitrogens with zero attached hydrogens (tertiary/aromatic N) is 2. The van der Waals surface area contributed by atoms with E-state index in [-0.39, 0.29) is 24.0 Å². The zero-order chi connectivity index (χ0) is 17.3. The highest BCUT2D eigenvalue weighted by Crippen LogP contribution is 2.29. The third-order valence-electron chi connectivity index (χ3n) is 3.37. The Bertz CT molecular complexity index is 743. The second-order valence-electron chi connectivity index (χ2n) is 4.83. The lowest BCUT2D eigenvalue weighted by molar-refractivity contribution is -0.384. The summed E-state index contributed by atoms with van der Waals surface area (Å²) in [6.07, 6.45) is -0.664. The third-order valence-corrected chi connectivity index (χ3v) is 3.37. The predicted molar refractivity (Wildman–Crippen MR) is 73.4 cm³/mol. The third kappa shape index (κ3) is 2.86. The number of carbonyl (C=O) groups is 4. The van der Waals surface area contributed by atoms with Crippen molar-refractivity contribution in [1.29, 1.82) is 0 Å². The van der Waals surface area contributed by atoms with Crippen LogP contribution in [0, 0.1) is 10.1 Å². The number of fused-ring (bicyclic) bond motifs is 1. The summed E-state index contributed by atoms with van der Waals surface area (Å²) in [5.74, 6) is -4.08. The number of amides is 3. The number of aliphatic carboxylic acids is 1. The van der Waals surface area contributed by atoms with Crippen LogP contribution in [0.5, 0.6) is 0 Å². The smallest absolute Gasteiger partial charge is 0.326 e. The number of hydrogen-bond acceptors (Lipinski definition) is 6. The Morgan fingerprint density at radius 1 is 1.26 bits per heavy atom. The monoisotopic (exact) mass is 321 g/mol. The van der Waals surface area contributed by atoms with Gasteiger partial charge in [0.15, 0.2) is 0 Å². The van der Waals surface area contributed by atoms with Gasteiger partial charge in [-0.25, -0.2) is 4.79 Å². The van der Waals surface area contributed by atoms with E-state index in [1.54, 1.807) is 0 Å². The van der Waals surface area contributed by atoms with Crippen LogP contribution < -0.4 is 5.73 Å². The number of rotatable bonds is 6. The maximum absolute atomic E-state index is 12.3. The van der Waals surface area contributed by atoms with Gasteiger partial charge in [-0.05, 0) is 12.5 Å². The maximum atomic E-state index is 12.3. The first kappa shape index (κ1) is 16.1. The lowest BCUT2D eigenvalue weighted by atomic mass is 10.1. The van der Waals surface area contributed by atoms with Crippen molar-refractivity contribution in [3.05, 3.63) is 39.4 Å². The maximum Gasteiger partial charge on any atom is 0.326 e. The van der Waals surface area contributed by atoms with E-state index in [9.17, 15) is 34.4 Å². The molecule has 0 spiro atoms. The second-order valence-corrected chi connectivity index (χ2v) is 4.83. The van der Waals surface area contributed by atoms with Gasteiger partial charge in [-0.2, -0.15) is 0 Å². The van der Waals surface area contributed by atoms with Crippen molar-refractivity contribution in [1.82, 2.24) is 4.90 Å². The summed E-state index contributed by atoms with van der Waals surface area (Å²) in [6.45, 7) is 0. The molecule has 120 valence electrons. The topological polar surface area (TPSA) is 161 Å². The number of carboxylic acids is 1. The molecule has 3 amide bonds. The number of carboxylic acid groups (broad SMARTS) is 1. The number of nitrogens with two attached hydrogens (primary N) is 1. The van der Waals surface area contributed by atoms with E-state index in [0.717, 1.165) is 18.2 Å². The average molecular weight is 321 g/mol. The molecule has 0 aliphatic carbocycles. The first-order valence-corrected chi connectivity index (χ1v) is 6.41. The molecule has 2 rings (SSSR count). The van der Waals surface area contributed by atoms with Gasteiger partial charge in [-0.3, -0.25) is 29.4 Å². The van der Waals surface area contributed by atoms with Crippen LogP contribution in [0.15, 0.2) is 18.2 Å². The molecule has 0 radical (unpaired) electrons. The van der Waals surface area contributed by atoms with E-state index in [0.29, 0.717) is 4.90 Å². The Balaban J connectivity index is 2.39. The molecule has 0 unspecified atom stereocenters. The summed E-state index contributed by atoms with van der Waals surface area (Å²) in [4.78, 5) is 57.1. The number of non-ortho nitro benzene ring substituents is 1. The number of hydrogen-bond donors (Lipinski definition) is 2. The van der Waals surface area contributed by atoms with Crippen molar-refractivity contribution in [2.24, 2.45) is 5.73 Å².